The van der Waals surface area contributed by atoms with E-state index in [1.54, 1.807) is 11.3 Å². The van der Waals surface area contributed by atoms with E-state index in [4.69, 9.17) is 0 Å². The first-order valence-electron chi connectivity index (χ1n) is 6.23. The summed E-state index contributed by atoms with van der Waals surface area (Å²) in [6.45, 7) is 9.21. The van der Waals surface area contributed by atoms with Gasteiger partial charge in [-0.15, -0.1) is 11.3 Å². The second-order valence-corrected chi connectivity index (χ2v) is 7.73. The van der Waals surface area contributed by atoms with E-state index in [-0.39, 0.29) is 11.0 Å². The third-order valence-corrected chi connectivity index (χ3v) is 5.74. The Morgan fingerprint density at radius 3 is 2.71 bits per heavy atom. The summed E-state index contributed by atoms with van der Waals surface area (Å²) < 4.78 is 0. The molecule has 1 unspecified atom stereocenters. The van der Waals surface area contributed by atoms with E-state index in [9.17, 15) is 0 Å². The van der Waals surface area contributed by atoms with Gasteiger partial charge in [-0.2, -0.15) is 11.8 Å². The summed E-state index contributed by atoms with van der Waals surface area (Å²) in [5.41, 5.74) is 0.304. The Kier molecular flexibility index (Phi) is 3.86. The minimum absolute atomic E-state index is 0.0399. The maximum Gasteiger partial charge on any atom is 0.114 e. The van der Waals surface area contributed by atoms with Crippen molar-refractivity contribution in [3.05, 3.63) is 16.6 Å². The van der Waals surface area contributed by atoms with Gasteiger partial charge in [-0.25, -0.2) is 4.98 Å². The quantitative estimate of drug-likeness (QED) is 0.910. The largest absolute Gasteiger partial charge is 0.302 e. The molecule has 96 valence electrons. The third-order valence-electron chi connectivity index (χ3n) is 3.68. The first kappa shape index (κ1) is 13.4. The Bertz CT molecular complexity index is 360. The van der Waals surface area contributed by atoms with Gasteiger partial charge in [-0.1, -0.05) is 13.8 Å². The second kappa shape index (κ2) is 4.90. The van der Waals surface area contributed by atoms with Crippen LogP contribution >= 0.6 is 23.1 Å². The van der Waals surface area contributed by atoms with E-state index in [0.29, 0.717) is 6.04 Å². The fourth-order valence-electron chi connectivity index (χ4n) is 2.54. The van der Waals surface area contributed by atoms with Crippen molar-refractivity contribution in [1.82, 2.24) is 10.3 Å². The Morgan fingerprint density at radius 2 is 2.18 bits per heavy atom. The fraction of sp³-hybridized carbons (Fsp3) is 0.769. The number of hydrogen-bond donors (Lipinski definition) is 1. The number of thiazole rings is 1. The van der Waals surface area contributed by atoms with Gasteiger partial charge >= 0.3 is 0 Å². The number of nitrogens with zero attached hydrogens (tertiary/aromatic N) is 1. The van der Waals surface area contributed by atoms with Crippen molar-refractivity contribution in [1.29, 1.82) is 0 Å². The average Bonchev–Trinajstić information content (AvgIpc) is 2.74. The molecule has 0 aromatic carbocycles. The van der Waals surface area contributed by atoms with E-state index < -0.39 is 0 Å². The lowest BCUT2D eigenvalue weighted by Gasteiger charge is -2.50. The van der Waals surface area contributed by atoms with Crippen molar-refractivity contribution in [3.8, 4) is 0 Å². The van der Waals surface area contributed by atoms with Crippen LogP contribution in [0, 0.1) is 5.41 Å². The third kappa shape index (κ3) is 2.40. The maximum absolute atomic E-state index is 4.60. The Labute approximate surface area is 113 Å². The smallest absolute Gasteiger partial charge is 0.114 e. The molecule has 1 aliphatic heterocycles. The van der Waals surface area contributed by atoms with Crippen LogP contribution in [0.2, 0.25) is 0 Å². The Hall–Kier alpha value is -0.0600. The SMILES string of the molecule is CC(C)NC1(c2nccs2)CSCCC1(C)C. The number of aromatic nitrogens is 1. The molecule has 1 atom stereocenters. The molecule has 1 fully saturated rings. The molecule has 17 heavy (non-hydrogen) atoms. The van der Waals surface area contributed by atoms with Gasteiger partial charge in [0.2, 0.25) is 0 Å². The molecule has 1 aliphatic rings. The van der Waals surface area contributed by atoms with Crippen LogP contribution in [0.3, 0.4) is 0 Å². The summed E-state index contributed by atoms with van der Waals surface area (Å²) in [4.78, 5) is 4.60. The molecular weight excluding hydrogens is 248 g/mol. The predicted octanol–water partition coefficient (Wildman–Crippen LogP) is 3.50. The van der Waals surface area contributed by atoms with Crippen LogP contribution in [-0.2, 0) is 5.54 Å². The van der Waals surface area contributed by atoms with Crippen molar-refractivity contribution < 1.29 is 0 Å². The summed E-state index contributed by atoms with van der Waals surface area (Å²) in [6, 6.07) is 0.483. The average molecular weight is 270 g/mol. The highest BCUT2D eigenvalue weighted by molar-refractivity contribution is 7.99. The van der Waals surface area contributed by atoms with Crippen LogP contribution in [0.25, 0.3) is 0 Å². The molecule has 1 aromatic rings. The lowest BCUT2D eigenvalue weighted by atomic mass is 9.70. The van der Waals surface area contributed by atoms with E-state index in [2.05, 4.69) is 43.4 Å². The number of rotatable bonds is 3. The number of hydrogen-bond acceptors (Lipinski definition) is 4. The van der Waals surface area contributed by atoms with Crippen LogP contribution in [0.5, 0.6) is 0 Å². The minimum atomic E-state index is 0.0399. The first-order chi connectivity index (χ1) is 7.98. The Morgan fingerprint density at radius 1 is 1.41 bits per heavy atom. The van der Waals surface area contributed by atoms with E-state index >= 15 is 0 Å². The Balaban J connectivity index is 2.42. The van der Waals surface area contributed by atoms with Gasteiger partial charge in [0.15, 0.2) is 0 Å². The van der Waals surface area contributed by atoms with Crippen molar-refractivity contribution in [3.63, 3.8) is 0 Å². The van der Waals surface area contributed by atoms with E-state index in [1.165, 1.54) is 17.2 Å². The topological polar surface area (TPSA) is 24.9 Å². The predicted molar refractivity (Wildman–Crippen MR) is 77.8 cm³/mol. The van der Waals surface area contributed by atoms with Crippen LogP contribution < -0.4 is 5.32 Å². The van der Waals surface area contributed by atoms with Gasteiger partial charge in [-0.3, -0.25) is 0 Å². The molecule has 2 heterocycles. The summed E-state index contributed by atoms with van der Waals surface area (Å²) in [7, 11) is 0. The molecule has 0 spiro atoms. The second-order valence-electron chi connectivity index (χ2n) is 5.73. The first-order valence-corrected chi connectivity index (χ1v) is 8.27. The summed E-state index contributed by atoms with van der Waals surface area (Å²) in [6.07, 6.45) is 3.18. The summed E-state index contributed by atoms with van der Waals surface area (Å²) >= 11 is 3.83. The normalized spacial score (nSPS) is 28.5. The van der Waals surface area contributed by atoms with Crippen LogP contribution in [-0.4, -0.2) is 22.5 Å². The van der Waals surface area contributed by atoms with Crippen molar-refractivity contribution in [2.45, 2.75) is 45.7 Å². The zero-order valence-corrected chi connectivity index (χ0v) is 12.8. The lowest BCUT2D eigenvalue weighted by molar-refractivity contribution is 0.118. The van der Waals surface area contributed by atoms with Gasteiger partial charge < -0.3 is 5.32 Å². The zero-order valence-electron chi connectivity index (χ0n) is 11.1. The molecule has 1 aromatic heterocycles. The van der Waals surface area contributed by atoms with Gasteiger partial charge in [0.25, 0.3) is 0 Å². The maximum atomic E-state index is 4.60. The molecule has 0 aliphatic carbocycles. The molecule has 4 heteroatoms. The van der Waals surface area contributed by atoms with E-state index in [1.807, 2.05) is 18.0 Å². The molecule has 1 saturated heterocycles. The van der Waals surface area contributed by atoms with Crippen molar-refractivity contribution in [2.75, 3.05) is 11.5 Å². The molecule has 2 nitrogen and oxygen atoms in total. The number of thioether (sulfide) groups is 1. The van der Waals surface area contributed by atoms with Gasteiger partial charge in [-0.05, 0) is 31.4 Å². The van der Waals surface area contributed by atoms with Crippen LogP contribution in [0.4, 0.5) is 0 Å². The highest BCUT2D eigenvalue weighted by atomic mass is 32.2. The standard InChI is InChI=1S/C13H22N2S2/c1-10(2)15-13(11-14-6-8-17-11)9-16-7-5-12(13,3)4/h6,8,10,15H,5,7,9H2,1-4H3. The van der Waals surface area contributed by atoms with Gasteiger partial charge in [0.05, 0.1) is 5.54 Å². The molecule has 0 radical (unpaired) electrons. The highest BCUT2D eigenvalue weighted by Crippen LogP contribution is 2.49. The molecule has 0 saturated carbocycles. The minimum Gasteiger partial charge on any atom is -0.302 e. The summed E-state index contributed by atoms with van der Waals surface area (Å²) in [5, 5.41) is 7.16. The number of nitrogens with one attached hydrogen (secondary N) is 1. The highest BCUT2D eigenvalue weighted by Gasteiger charge is 2.50. The molecule has 1 N–H and O–H groups in total. The van der Waals surface area contributed by atoms with Crippen molar-refractivity contribution >= 4 is 23.1 Å². The zero-order chi connectivity index (χ0) is 12.5. The molecule has 0 bridgehead atoms. The lowest BCUT2D eigenvalue weighted by Crippen LogP contribution is -2.59. The molecular formula is C13H22N2S2. The van der Waals surface area contributed by atoms with E-state index in [0.717, 1.165) is 5.75 Å². The van der Waals surface area contributed by atoms with Gasteiger partial charge in [0, 0.05) is 23.4 Å². The molecule has 0 amide bonds. The summed E-state index contributed by atoms with van der Waals surface area (Å²) in [5.74, 6) is 2.39. The molecule has 2 rings (SSSR count). The monoisotopic (exact) mass is 270 g/mol. The fourth-order valence-corrected chi connectivity index (χ4v) is 5.33. The van der Waals surface area contributed by atoms with Crippen molar-refractivity contribution in [2.24, 2.45) is 5.41 Å². The van der Waals surface area contributed by atoms with Gasteiger partial charge in [0.1, 0.15) is 5.01 Å². The van der Waals surface area contributed by atoms with Crippen LogP contribution in [0.1, 0.15) is 39.1 Å². The van der Waals surface area contributed by atoms with Crippen LogP contribution in [0.15, 0.2) is 11.6 Å².